The lowest BCUT2D eigenvalue weighted by molar-refractivity contribution is 0.109. The molecule has 136 valence electrons. The molecule has 1 fully saturated rings. The number of hydrogen-bond acceptors (Lipinski definition) is 4. The predicted molar refractivity (Wildman–Crippen MR) is 98.2 cm³/mol. The third-order valence-corrected chi connectivity index (χ3v) is 4.30. The van der Waals surface area contributed by atoms with E-state index in [-0.39, 0.29) is 0 Å². The van der Waals surface area contributed by atoms with Crippen LogP contribution in [-0.4, -0.2) is 87.4 Å². The van der Waals surface area contributed by atoms with Crippen LogP contribution < -0.4 is 10.6 Å². The standard InChI is InChI=1S/C17H37N5O/c1-5-18-17(19-9-8-14-23-7-3)20-15-16(4)22-12-10-21(6-2)11-13-22/h16H,5-15H2,1-4H3,(H2,18,19,20). The van der Waals surface area contributed by atoms with Gasteiger partial charge in [-0.15, -0.1) is 0 Å². The van der Waals surface area contributed by atoms with Crippen molar-refractivity contribution in [3.8, 4) is 0 Å². The second kappa shape index (κ2) is 12.6. The molecule has 0 aromatic heterocycles. The largest absolute Gasteiger partial charge is 0.382 e. The van der Waals surface area contributed by atoms with E-state index in [9.17, 15) is 0 Å². The first kappa shape index (κ1) is 20.2. The van der Waals surface area contributed by atoms with Crippen molar-refractivity contribution in [2.24, 2.45) is 4.99 Å². The van der Waals surface area contributed by atoms with Crippen LogP contribution in [0.1, 0.15) is 34.1 Å². The highest BCUT2D eigenvalue weighted by Crippen LogP contribution is 2.06. The first-order valence-corrected chi connectivity index (χ1v) is 9.27. The van der Waals surface area contributed by atoms with Gasteiger partial charge in [-0.25, -0.2) is 0 Å². The number of ether oxygens (including phenoxy) is 1. The Balaban J connectivity index is 2.31. The van der Waals surface area contributed by atoms with Gasteiger partial charge in [-0.05, 0) is 33.7 Å². The Morgan fingerprint density at radius 2 is 1.87 bits per heavy atom. The van der Waals surface area contributed by atoms with E-state index in [2.05, 4.69) is 41.2 Å². The molecular formula is C17H37N5O. The molecule has 6 heteroatoms. The summed E-state index contributed by atoms with van der Waals surface area (Å²) in [6.45, 7) is 18.7. The van der Waals surface area contributed by atoms with E-state index in [1.165, 1.54) is 13.1 Å². The van der Waals surface area contributed by atoms with Crippen molar-refractivity contribution in [2.75, 3.05) is 65.6 Å². The Bertz CT molecular complexity index is 316. The summed E-state index contributed by atoms with van der Waals surface area (Å²) in [4.78, 5) is 9.80. The van der Waals surface area contributed by atoms with Crippen LogP contribution in [0.25, 0.3) is 0 Å². The monoisotopic (exact) mass is 327 g/mol. The summed E-state index contributed by atoms with van der Waals surface area (Å²) in [5.41, 5.74) is 0. The minimum absolute atomic E-state index is 0.493. The molecule has 1 aliphatic heterocycles. The molecule has 0 saturated carbocycles. The van der Waals surface area contributed by atoms with Crippen molar-refractivity contribution in [3.05, 3.63) is 0 Å². The van der Waals surface area contributed by atoms with Gasteiger partial charge < -0.3 is 20.3 Å². The summed E-state index contributed by atoms with van der Waals surface area (Å²) in [5, 5.41) is 6.71. The Kier molecular flexibility index (Phi) is 11.0. The lowest BCUT2D eigenvalue weighted by Gasteiger charge is -2.37. The van der Waals surface area contributed by atoms with Gasteiger partial charge in [0, 0.05) is 58.5 Å². The highest BCUT2D eigenvalue weighted by molar-refractivity contribution is 5.79. The fourth-order valence-electron chi connectivity index (χ4n) is 2.73. The lowest BCUT2D eigenvalue weighted by atomic mass is 10.2. The Morgan fingerprint density at radius 1 is 1.13 bits per heavy atom. The van der Waals surface area contributed by atoms with Crippen molar-refractivity contribution in [1.29, 1.82) is 0 Å². The van der Waals surface area contributed by atoms with Crippen LogP contribution in [0.3, 0.4) is 0 Å². The van der Waals surface area contributed by atoms with Crippen LogP contribution in [0.5, 0.6) is 0 Å². The minimum atomic E-state index is 0.493. The summed E-state index contributed by atoms with van der Waals surface area (Å²) in [6, 6.07) is 0.493. The molecule has 1 rings (SSSR count). The number of hydrogen-bond donors (Lipinski definition) is 2. The first-order valence-electron chi connectivity index (χ1n) is 9.27. The van der Waals surface area contributed by atoms with Crippen molar-refractivity contribution < 1.29 is 4.74 Å². The molecule has 1 unspecified atom stereocenters. The maximum Gasteiger partial charge on any atom is 0.191 e. The van der Waals surface area contributed by atoms with Crippen molar-refractivity contribution in [1.82, 2.24) is 20.4 Å². The fraction of sp³-hybridized carbons (Fsp3) is 0.941. The normalized spacial score (nSPS) is 18.9. The summed E-state index contributed by atoms with van der Waals surface area (Å²) in [7, 11) is 0. The molecule has 2 N–H and O–H groups in total. The molecule has 0 aromatic carbocycles. The highest BCUT2D eigenvalue weighted by Gasteiger charge is 2.19. The second-order valence-electron chi connectivity index (χ2n) is 6.02. The van der Waals surface area contributed by atoms with Gasteiger partial charge in [0.25, 0.3) is 0 Å². The number of rotatable bonds is 10. The molecule has 1 heterocycles. The summed E-state index contributed by atoms with van der Waals surface area (Å²) < 4.78 is 5.36. The molecule has 1 aliphatic rings. The van der Waals surface area contributed by atoms with Crippen LogP contribution in [0.4, 0.5) is 0 Å². The molecule has 6 nitrogen and oxygen atoms in total. The Hall–Kier alpha value is -0.850. The summed E-state index contributed by atoms with van der Waals surface area (Å²) in [6.07, 6.45) is 1.01. The molecule has 0 spiro atoms. The Labute approximate surface area is 142 Å². The molecule has 0 aliphatic carbocycles. The van der Waals surface area contributed by atoms with E-state index >= 15 is 0 Å². The van der Waals surface area contributed by atoms with E-state index < -0.39 is 0 Å². The van der Waals surface area contributed by atoms with Gasteiger partial charge in [-0.2, -0.15) is 0 Å². The molecule has 0 bridgehead atoms. The SMILES string of the molecule is CCNC(=NCC(C)N1CCN(CC)CC1)NCCCOCC. The van der Waals surface area contributed by atoms with E-state index in [0.29, 0.717) is 6.04 Å². The second-order valence-corrected chi connectivity index (χ2v) is 6.02. The molecule has 23 heavy (non-hydrogen) atoms. The van der Waals surface area contributed by atoms with Crippen LogP contribution in [0, 0.1) is 0 Å². The van der Waals surface area contributed by atoms with Gasteiger partial charge in [0.1, 0.15) is 0 Å². The quantitative estimate of drug-likeness (QED) is 0.356. The molecule has 0 amide bonds. The lowest BCUT2D eigenvalue weighted by Crippen LogP contribution is -2.50. The highest BCUT2D eigenvalue weighted by atomic mass is 16.5. The van der Waals surface area contributed by atoms with Crippen LogP contribution in [0.15, 0.2) is 4.99 Å². The predicted octanol–water partition coefficient (Wildman–Crippen LogP) is 0.994. The third kappa shape index (κ3) is 8.53. The summed E-state index contributed by atoms with van der Waals surface area (Å²) >= 11 is 0. The number of nitrogens with one attached hydrogen (secondary N) is 2. The van der Waals surface area contributed by atoms with E-state index in [4.69, 9.17) is 9.73 Å². The topological polar surface area (TPSA) is 52.1 Å². The van der Waals surface area contributed by atoms with Crippen LogP contribution >= 0.6 is 0 Å². The van der Waals surface area contributed by atoms with Crippen molar-refractivity contribution >= 4 is 5.96 Å². The Morgan fingerprint density at radius 3 is 2.48 bits per heavy atom. The summed E-state index contributed by atoms with van der Waals surface area (Å²) in [5.74, 6) is 0.919. The van der Waals surface area contributed by atoms with Crippen LogP contribution in [-0.2, 0) is 4.74 Å². The third-order valence-electron chi connectivity index (χ3n) is 4.30. The minimum Gasteiger partial charge on any atom is -0.382 e. The first-order chi connectivity index (χ1) is 11.2. The zero-order valence-corrected chi connectivity index (χ0v) is 15.6. The van der Waals surface area contributed by atoms with Gasteiger partial charge in [-0.3, -0.25) is 9.89 Å². The van der Waals surface area contributed by atoms with Crippen molar-refractivity contribution in [2.45, 2.75) is 40.2 Å². The van der Waals surface area contributed by atoms with E-state index in [1.54, 1.807) is 0 Å². The van der Waals surface area contributed by atoms with Gasteiger partial charge in [0.05, 0.1) is 6.54 Å². The molecule has 0 radical (unpaired) electrons. The number of likely N-dealkylation sites (N-methyl/N-ethyl adjacent to an activating group) is 1. The average molecular weight is 328 g/mol. The number of aliphatic imine (C=N–C) groups is 1. The van der Waals surface area contributed by atoms with E-state index in [1.807, 2.05) is 6.92 Å². The fourth-order valence-corrected chi connectivity index (χ4v) is 2.73. The zero-order valence-electron chi connectivity index (χ0n) is 15.6. The van der Waals surface area contributed by atoms with Gasteiger partial charge in [0.2, 0.25) is 0 Å². The van der Waals surface area contributed by atoms with Gasteiger partial charge in [-0.1, -0.05) is 6.92 Å². The smallest absolute Gasteiger partial charge is 0.191 e. The number of guanidine groups is 1. The maximum atomic E-state index is 5.36. The molecular weight excluding hydrogens is 290 g/mol. The van der Waals surface area contributed by atoms with Gasteiger partial charge in [0.15, 0.2) is 5.96 Å². The molecule has 0 aromatic rings. The average Bonchev–Trinajstić information content (AvgIpc) is 2.59. The van der Waals surface area contributed by atoms with Crippen molar-refractivity contribution in [3.63, 3.8) is 0 Å². The molecule has 1 atom stereocenters. The zero-order chi connectivity index (χ0) is 16.9. The van der Waals surface area contributed by atoms with Gasteiger partial charge >= 0.3 is 0 Å². The number of nitrogens with zero attached hydrogens (tertiary/aromatic N) is 3. The van der Waals surface area contributed by atoms with E-state index in [0.717, 1.165) is 64.9 Å². The van der Waals surface area contributed by atoms with Crippen LogP contribution in [0.2, 0.25) is 0 Å². The maximum absolute atomic E-state index is 5.36. The number of piperazine rings is 1. The molecule has 1 saturated heterocycles.